The van der Waals surface area contributed by atoms with Crippen molar-refractivity contribution < 1.29 is 4.79 Å². The first-order chi connectivity index (χ1) is 12.7. The molecule has 6 nitrogen and oxygen atoms in total. The second-order valence-corrected chi connectivity index (χ2v) is 7.58. The Morgan fingerprint density at radius 1 is 1.27 bits per heavy atom. The van der Waals surface area contributed by atoms with Crippen molar-refractivity contribution in [3.8, 4) is 0 Å². The number of imidazole rings is 1. The summed E-state index contributed by atoms with van der Waals surface area (Å²) in [6, 6.07) is 6.29. The Hall–Kier alpha value is -2.63. The molecule has 0 spiro atoms. The van der Waals surface area contributed by atoms with Gasteiger partial charge < -0.3 is 9.88 Å². The lowest BCUT2D eigenvalue weighted by Crippen LogP contribution is -2.36. The largest absolute Gasteiger partial charge is 0.340 e. The van der Waals surface area contributed by atoms with Gasteiger partial charge in [0.2, 0.25) is 5.91 Å². The van der Waals surface area contributed by atoms with E-state index in [0.717, 1.165) is 66.8 Å². The molecule has 1 saturated heterocycles. The van der Waals surface area contributed by atoms with Crippen LogP contribution in [-0.2, 0) is 11.2 Å². The summed E-state index contributed by atoms with van der Waals surface area (Å²) < 4.78 is 0. The molecule has 1 aliphatic carbocycles. The van der Waals surface area contributed by atoms with Gasteiger partial charge in [-0.15, -0.1) is 0 Å². The number of H-pyrrole nitrogens is 2. The standard InChI is InChI=1S/C20H23N5O/c1-12-7-8-16-17(10-12)23-19(22-16)18-6-3-9-25(18)20(26)13-4-2-5-15-14(13)11-21-24-15/h7-8,10-11,13,18H,2-6,9H2,1H3,(H,21,24)(H,22,23)/t13-,18+/m1/s1. The molecule has 0 bridgehead atoms. The summed E-state index contributed by atoms with van der Waals surface area (Å²) in [4.78, 5) is 23.6. The van der Waals surface area contributed by atoms with Crippen LogP contribution in [0, 0.1) is 6.92 Å². The van der Waals surface area contributed by atoms with Crippen LogP contribution in [0.5, 0.6) is 0 Å². The van der Waals surface area contributed by atoms with Crippen molar-refractivity contribution in [2.75, 3.05) is 6.54 Å². The number of aromatic nitrogens is 4. The fraction of sp³-hybridized carbons (Fsp3) is 0.450. The molecule has 0 radical (unpaired) electrons. The van der Waals surface area contributed by atoms with Gasteiger partial charge >= 0.3 is 0 Å². The molecule has 134 valence electrons. The van der Waals surface area contributed by atoms with Crippen molar-refractivity contribution in [3.63, 3.8) is 0 Å². The number of benzene rings is 1. The highest BCUT2D eigenvalue weighted by molar-refractivity contribution is 5.85. The van der Waals surface area contributed by atoms with Gasteiger partial charge in [0.1, 0.15) is 5.82 Å². The molecule has 0 unspecified atom stereocenters. The number of rotatable bonds is 2. The fourth-order valence-electron chi connectivity index (χ4n) is 4.53. The van der Waals surface area contributed by atoms with Crippen molar-refractivity contribution in [1.29, 1.82) is 0 Å². The van der Waals surface area contributed by atoms with Gasteiger partial charge in [0.25, 0.3) is 0 Å². The predicted molar refractivity (Wildman–Crippen MR) is 98.8 cm³/mol. The molecule has 6 heteroatoms. The van der Waals surface area contributed by atoms with Crippen molar-refractivity contribution in [2.24, 2.45) is 0 Å². The van der Waals surface area contributed by atoms with Gasteiger partial charge in [0.15, 0.2) is 0 Å². The van der Waals surface area contributed by atoms with Crippen LogP contribution in [0.25, 0.3) is 11.0 Å². The van der Waals surface area contributed by atoms with E-state index in [9.17, 15) is 4.79 Å². The molecule has 3 heterocycles. The zero-order valence-corrected chi connectivity index (χ0v) is 15.0. The van der Waals surface area contributed by atoms with E-state index in [4.69, 9.17) is 4.98 Å². The summed E-state index contributed by atoms with van der Waals surface area (Å²) in [6.07, 6.45) is 6.77. The van der Waals surface area contributed by atoms with Crippen LogP contribution in [-0.4, -0.2) is 37.5 Å². The molecule has 0 saturated carbocycles. The third kappa shape index (κ3) is 2.43. The van der Waals surface area contributed by atoms with E-state index >= 15 is 0 Å². The van der Waals surface area contributed by atoms with Crippen LogP contribution < -0.4 is 0 Å². The normalized spacial score (nSPS) is 22.7. The first kappa shape index (κ1) is 15.6. The predicted octanol–water partition coefficient (Wildman–Crippen LogP) is 3.38. The maximum atomic E-state index is 13.4. The van der Waals surface area contributed by atoms with Crippen LogP contribution in [0.4, 0.5) is 0 Å². The van der Waals surface area contributed by atoms with Gasteiger partial charge in [-0.1, -0.05) is 6.07 Å². The van der Waals surface area contributed by atoms with Crippen LogP contribution >= 0.6 is 0 Å². The zero-order valence-electron chi connectivity index (χ0n) is 15.0. The number of fused-ring (bicyclic) bond motifs is 2. The topological polar surface area (TPSA) is 77.7 Å². The summed E-state index contributed by atoms with van der Waals surface area (Å²) in [5.41, 5.74) is 5.45. The Balaban J connectivity index is 1.46. The van der Waals surface area contributed by atoms with E-state index in [1.807, 2.05) is 17.2 Å². The minimum atomic E-state index is -0.0651. The molecule has 2 N–H and O–H groups in total. The Morgan fingerprint density at radius 3 is 3.12 bits per heavy atom. The van der Waals surface area contributed by atoms with Gasteiger partial charge in [-0.05, 0) is 56.7 Å². The van der Waals surface area contributed by atoms with Crippen molar-refractivity contribution in [2.45, 2.75) is 51.0 Å². The van der Waals surface area contributed by atoms with Gasteiger partial charge in [-0.3, -0.25) is 9.89 Å². The zero-order chi connectivity index (χ0) is 17.7. The van der Waals surface area contributed by atoms with Crippen LogP contribution in [0.2, 0.25) is 0 Å². The lowest BCUT2D eigenvalue weighted by molar-refractivity contribution is -0.134. The molecular weight excluding hydrogens is 326 g/mol. The summed E-state index contributed by atoms with van der Waals surface area (Å²) >= 11 is 0. The molecule has 1 aromatic carbocycles. The third-order valence-electron chi connectivity index (χ3n) is 5.85. The Bertz CT molecular complexity index is 972. The van der Waals surface area contributed by atoms with Gasteiger partial charge in [-0.25, -0.2) is 4.98 Å². The smallest absolute Gasteiger partial charge is 0.230 e. The number of nitrogens with one attached hydrogen (secondary N) is 2. The molecule has 2 aromatic heterocycles. The average molecular weight is 349 g/mol. The number of aryl methyl sites for hydroxylation is 2. The molecule has 1 fully saturated rings. The number of carbonyl (C=O) groups excluding carboxylic acids is 1. The quantitative estimate of drug-likeness (QED) is 0.744. The van der Waals surface area contributed by atoms with Crippen LogP contribution in [0.3, 0.4) is 0 Å². The molecule has 1 amide bonds. The van der Waals surface area contributed by atoms with Crippen LogP contribution in [0.1, 0.15) is 60.3 Å². The molecule has 2 aliphatic rings. The van der Waals surface area contributed by atoms with E-state index in [2.05, 4.69) is 34.2 Å². The number of amides is 1. The molecule has 1 aliphatic heterocycles. The van der Waals surface area contributed by atoms with E-state index in [1.165, 1.54) is 5.56 Å². The average Bonchev–Trinajstić information content (AvgIpc) is 3.37. The first-order valence-electron chi connectivity index (χ1n) is 9.49. The van der Waals surface area contributed by atoms with E-state index < -0.39 is 0 Å². The monoisotopic (exact) mass is 349 g/mol. The number of nitrogens with zero attached hydrogens (tertiary/aromatic N) is 3. The second kappa shape index (κ2) is 5.97. The molecular formula is C20H23N5O. The summed E-state index contributed by atoms with van der Waals surface area (Å²) in [5, 5.41) is 7.22. The molecule has 3 aromatic rings. The van der Waals surface area contributed by atoms with Gasteiger partial charge in [0.05, 0.1) is 29.2 Å². The van der Waals surface area contributed by atoms with E-state index in [1.54, 1.807) is 0 Å². The summed E-state index contributed by atoms with van der Waals surface area (Å²) in [6.45, 7) is 2.89. The van der Waals surface area contributed by atoms with Crippen molar-refractivity contribution in [3.05, 3.63) is 47.0 Å². The number of likely N-dealkylation sites (tertiary alicyclic amines) is 1. The van der Waals surface area contributed by atoms with Crippen molar-refractivity contribution >= 4 is 16.9 Å². The maximum absolute atomic E-state index is 13.4. The van der Waals surface area contributed by atoms with Crippen molar-refractivity contribution in [1.82, 2.24) is 25.1 Å². The molecule has 26 heavy (non-hydrogen) atoms. The Morgan fingerprint density at radius 2 is 2.19 bits per heavy atom. The summed E-state index contributed by atoms with van der Waals surface area (Å²) in [7, 11) is 0. The molecule has 5 rings (SSSR count). The number of carbonyl (C=O) groups is 1. The summed E-state index contributed by atoms with van der Waals surface area (Å²) in [5.74, 6) is 1.08. The number of aromatic amines is 2. The van der Waals surface area contributed by atoms with Crippen LogP contribution in [0.15, 0.2) is 24.4 Å². The highest BCUT2D eigenvalue weighted by Crippen LogP contribution is 2.38. The lowest BCUT2D eigenvalue weighted by atomic mass is 9.86. The number of hydrogen-bond acceptors (Lipinski definition) is 3. The highest BCUT2D eigenvalue weighted by Gasteiger charge is 2.38. The maximum Gasteiger partial charge on any atom is 0.230 e. The first-order valence-corrected chi connectivity index (χ1v) is 9.49. The third-order valence-corrected chi connectivity index (χ3v) is 5.85. The minimum absolute atomic E-state index is 0.0486. The van der Waals surface area contributed by atoms with Gasteiger partial charge in [-0.2, -0.15) is 5.10 Å². The lowest BCUT2D eigenvalue weighted by Gasteiger charge is -2.29. The molecule has 2 atom stereocenters. The fourth-order valence-corrected chi connectivity index (χ4v) is 4.53. The Labute approximate surface area is 152 Å². The Kier molecular flexibility index (Phi) is 3.58. The second-order valence-electron chi connectivity index (χ2n) is 7.58. The highest BCUT2D eigenvalue weighted by atomic mass is 16.2. The minimum Gasteiger partial charge on any atom is -0.340 e. The van der Waals surface area contributed by atoms with Gasteiger partial charge in [0, 0.05) is 17.8 Å². The number of hydrogen-bond donors (Lipinski definition) is 2. The van der Waals surface area contributed by atoms with E-state index in [-0.39, 0.29) is 17.9 Å². The SMILES string of the molecule is Cc1ccc2nc([C@@H]3CCCN3C(=O)[C@@H]3CCCc4[nH]ncc43)[nH]c2c1. The van der Waals surface area contributed by atoms with E-state index in [0.29, 0.717) is 0 Å².